The molecule has 0 aliphatic carbocycles. The third-order valence-electron chi connectivity index (χ3n) is 0.915. The van der Waals surface area contributed by atoms with Gasteiger partial charge in [0.1, 0.15) is 8.64 Å². The van der Waals surface area contributed by atoms with Crippen molar-refractivity contribution in [2.24, 2.45) is 0 Å². The van der Waals surface area contributed by atoms with Gasteiger partial charge < -0.3 is 20.8 Å². The normalized spacial score (nSPS) is 7.00. The fourth-order valence-corrected chi connectivity index (χ4v) is 2.60. The second kappa shape index (κ2) is 16.4. The summed E-state index contributed by atoms with van der Waals surface area (Å²) in [6, 6.07) is 0. The number of nitrogens with zero attached hydrogens (tertiary/aromatic N) is 2. The summed E-state index contributed by atoms with van der Waals surface area (Å²) in [6.07, 6.45) is 0. The van der Waals surface area contributed by atoms with E-state index in [0.29, 0.717) is 0 Å². The molecule has 4 nitrogen and oxygen atoms in total. The first-order valence-electron chi connectivity index (χ1n) is 3.22. The molecule has 0 spiro atoms. The van der Waals surface area contributed by atoms with E-state index in [2.05, 4.69) is 0 Å². The van der Waals surface area contributed by atoms with Gasteiger partial charge in [0.2, 0.25) is 0 Å². The van der Waals surface area contributed by atoms with Gasteiger partial charge in [-0.05, 0) is 21.6 Å². The Labute approximate surface area is 135 Å². The number of hydrogen-bond donors (Lipinski definition) is 0. The largest absolute Gasteiger partial charge is 2.00 e. The molecule has 2 N–H and O–H groups in total. The van der Waals surface area contributed by atoms with Crippen LogP contribution in [-0.4, -0.2) is 52.1 Å². The minimum atomic E-state index is 0. The Balaban J connectivity index is -0.000000101. The molecule has 0 aromatic heterocycles. The zero-order valence-corrected chi connectivity index (χ0v) is 16.9. The van der Waals surface area contributed by atoms with Gasteiger partial charge >= 0.3 is 19.5 Å². The molecule has 0 aromatic carbocycles. The van der Waals surface area contributed by atoms with E-state index in [1.165, 1.54) is 21.6 Å². The van der Waals surface area contributed by atoms with Crippen molar-refractivity contribution in [3.63, 3.8) is 0 Å². The maximum absolute atomic E-state index is 5.07. The summed E-state index contributed by atoms with van der Waals surface area (Å²) >= 11 is 10.1. The van der Waals surface area contributed by atoms with Crippen LogP contribution in [-0.2, 0) is 25.0 Å². The molecular weight excluding hydrogens is 358 g/mol. The first-order valence-corrected chi connectivity index (χ1v) is 6.19. The molecule has 0 saturated heterocycles. The van der Waals surface area contributed by atoms with Crippen molar-refractivity contribution in [2.45, 2.75) is 0 Å². The van der Waals surface area contributed by atoms with E-state index in [1.54, 1.807) is 0 Å². The molecular formula is C6H16N2O2S5Zn. The van der Waals surface area contributed by atoms with Gasteiger partial charge in [0.05, 0.1) is 0 Å². The Bertz CT molecular complexity index is 174. The standard InChI is InChI=1S/C6H12N2S4.H2O.O.H2S.Zn/c1-7(2)5(9)11-12-6(10)8(3)4;;;;/h1-4H3;1H2;;1H2;/q;;-2;;+2. The SMILES string of the molecule is CN(C)C(=S)SSC(=S)N(C)C.O.S.[O-2].[Zn+2]. The van der Waals surface area contributed by atoms with Gasteiger partial charge in [-0.3, -0.25) is 0 Å². The van der Waals surface area contributed by atoms with Crippen LogP contribution in [0.2, 0.25) is 0 Å². The topological polar surface area (TPSA) is 66.5 Å². The van der Waals surface area contributed by atoms with Crippen molar-refractivity contribution in [1.82, 2.24) is 9.80 Å². The third-order valence-corrected chi connectivity index (χ3v) is 5.07. The van der Waals surface area contributed by atoms with Crippen molar-refractivity contribution in [1.29, 1.82) is 0 Å². The van der Waals surface area contributed by atoms with Crippen LogP contribution in [0.15, 0.2) is 0 Å². The van der Waals surface area contributed by atoms with Gasteiger partial charge in [-0.2, -0.15) is 13.5 Å². The first kappa shape index (κ1) is 30.4. The van der Waals surface area contributed by atoms with E-state index < -0.39 is 0 Å². The molecule has 0 saturated carbocycles. The van der Waals surface area contributed by atoms with Crippen molar-refractivity contribution < 1.29 is 30.4 Å². The van der Waals surface area contributed by atoms with Gasteiger partial charge in [-0.15, -0.1) is 0 Å². The zero-order chi connectivity index (χ0) is 9.72. The number of rotatable bonds is 0. The van der Waals surface area contributed by atoms with Gasteiger partial charge in [0.15, 0.2) is 0 Å². The van der Waals surface area contributed by atoms with Crippen molar-refractivity contribution in [3.8, 4) is 0 Å². The predicted octanol–water partition coefficient (Wildman–Crippen LogP) is 1.23. The van der Waals surface area contributed by atoms with E-state index in [4.69, 9.17) is 24.4 Å². The molecule has 0 radical (unpaired) electrons. The summed E-state index contributed by atoms with van der Waals surface area (Å²) < 4.78 is 1.67. The maximum atomic E-state index is 5.07. The molecule has 0 unspecified atom stereocenters. The smallest absolute Gasteiger partial charge is 2.00 e. The summed E-state index contributed by atoms with van der Waals surface area (Å²) in [5.41, 5.74) is 0. The second-order valence-electron chi connectivity index (χ2n) is 2.49. The van der Waals surface area contributed by atoms with Gasteiger partial charge in [-0.25, -0.2) is 0 Å². The van der Waals surface area contributed by atoms with Gasteiger partial charge in [0.25, 0.3) is 0 Å². The van der Waals surface area contributed by atoms with Crippen LogP contribution in [0, 0.1) is 0 Å². The van der Waals surface area contributed by atoms with Crippen LogP contribution in [0.25, 0.3) is 0 Å². The van der Waals surface area contributed by atoms with Crippen LogP contribution >= 0.6 is 59.5 Å². The molecule has 0 bridgehead atoms. The molecule has 0 aromatic rings. The predicted molar refractivity (Wildman–Crippen MR) is 82.4 cm³/mol. The average molecular weight is 374 g/mol. The second-order valence-corrected chi connectivity index (χ2v) is 5.88. The van der Waals surface area contributed by atoms with Gasteiger partial charge in [0, 0.05) is 28.2 Å². The Kier molecular flexibility index (Phi) is 31.1. The van der Waals surface area contributed by atoms with Gasteiger partial charge in [-0.1, -0.05) is 24.4 Å². The van der Waals surface area contributed by atoms with E-state index in [1.807, 2.05) is 38.0 Å². The minimum Gasteiger partial charge on any atom is -2.00 e. The number of thiocarbonyl (C=S) groups is 2. The van der Waals surface area contributed by atoms with E-state index in [0.717, 1.165) is 8.64 Å². The van der Waals surface area contributed by atoms with E-state index in [-0.39, 0.29) is 43.9 Å². The quantitative estimate of drug-likeness (QED) is 0.361. The summed E-state index contributed by atoms with van der Waals surface area (Å²) in [5.74, 6) is 0. The Hall–Kier alpha value is 1.37. The van der Waals surface area contributed by atoms with Crippen LogP contribution < -0.4 is 0 Å². The summed E-state index contributed by atoms with van der Waals surface area (Å²) in [6.45, 7) is 0. The molecule has 0 rings (SSSR count). The third kappa shape index (κ3) is 15.4. The monoisotopic (exact) mass is 372 g/mol. The van der Waals surface area contributed by atoms with Crippen molar-refractivity contribution in [2.75, 3.05) is 28.2 Å². The molecule has 94 valence electrons. The van der Waals surface area contributed by atoms with Crippen LogP contribution in [0.5, 0.6) is 0 Å². The first-order chi connectivity index (χ1) is 5.45. The summed E-state index contributed by atoms with van der Waals surface area (Å²) in [5, 5.41) is 0. The Morgan fingerprint density at radius 1 is 0.875 bits per heavy atom. The molecule has 0 aliphatic rings. The Morgan fingerprint density at radius 2 is 1.06 bits per heavy atom. The molecule has 0 aliphatic heterocycles. The summed E-state index contributed by atoms with van der Waals surface area (Å²) in [7, 11) is 10.7. The van der Waals surface area contributed by atoms with Crippen LogP contribution in [0.4, 0.5) is 0 Å². The molecule has 0 fully saturated rings. The molecule has 0 heterocycles. The van der Waals surface area contributed by atoms with E-state index in [9.17, 15) is 0 Å². The molecule has 10 heteroatoms. The minimum absolute atomic E-state index is 0. The Morgan fingerprint density at radius 3 is 1.19 bits per heavy atom. The fraction of sp³-hybridized carbons (Fsp3) is 0.667. The molecule has 0 amide bonds. The van der Waals surface area contributed by atoms with E-state index >= 15 is 0 Å². The fourth-order valence-electron chi connectivity index (χ4n) is 0.220. The van der Waals surface area contributed by atoms with Crippen LogP contribution in [0.1, 0.15) is 0 Å². The maximum Gasteiger partial charge on any atom is 2.00 e. The van der Waals surface area contributed by atoms with Crippen LogP contribution in [0.3, 0.4) is 0 Å². The van der Waals surface area contributed by atoms with Crippen molar-refractivity contribution in [3.05, 3.63) is 0 Å². The molecule has 0 atom stereocenters. The zero-order valence-electron chi connectivity index (χ0n) is 9.64. The summed E-state index contributed by atoms with van der Waals surface area (Å²) in [4.78, 5) is 3.79. The van der Waals surface area contributed by atoms with Crippen molar-refractivity contribution >= 4 is 68.2 Å². The average Bonchev–Trinajstić information content (AvgIpc) is 1.98. The molecule has 16 heavy (non-hydrogen) atoms. The number of hydrogen-bond acceptors (Lipinski definition) is 4.